The molecule has 0 radical (unpaired) electrons. The van der Waals surface area contributed by atoms with Crippen molar-refractivity contribution in [3.8, 4) is 0 Å². The van der Waals surface area contributed by atoms with Crippen LogP contribution in [0.3, 0.4) is 0 Å². The Hall–Kier alpha value is -0.160. The molecule has 0 aliphatic carbocycles. The van der Waals surface area contributed by atoms with Crippen molar-refractivity contribution in [3.63, 3.8) is 0 Å². The summed E-state index contributed by atoms with van der Waals surface area (Å²) >= 11 is 0. The normalized spacial score (nSPS) is 11.6. The fraction of sp³-hybridized carbons (Fsp3) is 1.00. The molecule has 0 rings (SSSR count). The third-order valence-corrected chi connectivity index (χ3v) is 5.86. The lowest BCUT2D eigenvalue weighted by atomic mass is 10.1. The van der Waals surface area contributed by atoms with Gasteiger partial charge in [0, 0.05) is 19.6 Å². The molecule has 0 aliphatic rings. The van der Waals surface area contributed by atoms with Crippen molar-refractivity contribution < 1.29 is 0 Å². The van der Waals surface area contributed by atoms with E-state index in [-0.39, 0.29) is 0 Å². The van der Waals surface area contributed by atoms with Gasteiger partial charge in [-0.25, -0.2) is 10.9 Å². The van der Waals surface area contributed by atoms with Gasteiger partial charge >= 0.3 is 0 Å². The lowest BCUT2D eigenvalue weighted by Crippen LogP contribution is -2.49. The molecule has 0 saturated carbocycles. The summed E-state index contributed by atoms with van der Waals surface area (Å²) in [5.41, 5.74) is 7.28. The molecule has 3 N–H and O–H groups in total. The molecule has 0 saturated heterocycles. The van der Waals surface area contributed by atoms with Crippen LogP contribution in [0.1, 0.15) is 136 Å². The molecule has 4 nitrogen and oxygen atoms in total. The quantitative estimate of drug-likeness (QED) is 0.103. The van der Waals surface area contributed by atoms with Gasteiger partial charge in [-0.05, 0) is 45.2 Å². The van der Waals surface area contributed by atoms with Gasteiger partial charge in [0.2, 0.25) is 0 Å². The topological polar surface area (TPSA) is 39.3 Å². The van der Waals surface area contributed by atoms with E-state index in [1.807, 2.05) is 0 Å². The van der Waals surface area contributed by atoms with E-state index in [9.17, 15) is 0 Å². The van der Waals surface area contributed by atoms with E-state index in [1.54, 1.807) is 0 Å². The molecule has 0 heterocycles. The largest absolute Gasteiger partial charge is 0.317 e. The molecule has 0 atom stereocenters. The first kappa shape index (κ1) is 29.8. The lowest BCUT2D eigenvalue weighted by Gasteiger charge is -2.24. The molecular formula is C26H58N4. The molecule has 0 aliphatic heterocycles. The average molecular weight is 427 g/mol. The molecule has 0 aromatic rings. The summed E-state index contributed by atoms with van der Waals surface area (Å²) in [6.45, 7) is 12.6. The fourth-order valence-electron chi connectivity index (χ4n) is 3.77. The molecular weight excluding hydrogens is 368 g/mol. The Bertz CT molecular complexity index is 299. The number of rotatable bonds is 26. The Morgan fingerprint density at radius 2 is 0.767 bits per heavy atom. The SMILES string of the molecule is CCCCCCCNN(CCCCCCCCNCCCCC)NCCCCCC. The minimum Gasteiger partial charge on any atom is -0.317 e. The Labute approximate surface area is 190 Å². The van der Waals surface area contributed by atoms with Gasteiger partial charge < -0.3 is 5.32 Å². The van der Waals surface area contributed by atoms with E-state index in [0.29, 0.717) is 0 Å². The second kappa shape index (κ2) is 26.9. The standard InChI is InChI=1S/C26H58N4/c1-4-7-10-14-20-25-29-30(28-24-19-11-8-5-2)26-21-16-13-12-15-18-23-27-22-17-9-6-3/h27-29H,4-26H2,1-3H3. The summed E-state index contributed by atoms with van der Waals surface area (Å²) in [7, 11) is 0. The van der Waals surface area contributed by atoms with E-state index >= 15 is 0 Å². The summed E-state index contributed by atoms with van der Waals surface area (Å²) in [5.74, 6) is 0. The van der Waals surface area contributed by atoms with Crippen LogP contribution >= 0.6 is 0 Å². The first-order valence-corrected chi connectivity index (χ1v) is 13.8. The molecule has 0 spiro atoms. The highest BCUT2D eigenvalue weighted by Crippen LogP contribution is 2.06. The highest BCUT2D eigenvalue weighted by atomic mass is 15.7. The van der Waals surface area contributed by atoms with Crippen LogP contribution in [0.25, 0.3) is 0 Å². The highest BCUT2D eigenvalue weighted by molar-refractivity contribution is 4.54. The number of unbranched alkanes of at least 4 members (excludes halogenated alkanes) is 14. The van der Waals surface area contributed by atoms with Gasteiger partial charge in [-0.3, -0.25) is 0 Å². The first-order valence-electron chi connectivity index (χ1n) is 13.8. The molecule has 0 aromatic heterocycles. The maximum atomic E-state index is 3.64. The summed E-state index contributed by atoms with van der Waals surface area (Å²) in [4.78, 5) is 0. The van der Waals surface area contributed by atoms with E-state index in [0.717, 1.165) is 19.6 Å². The Morgan fingerprint density at radius 3 is 1.33 bits per heavy atom. The van der Waals surface area contributed by atoms with Gasteiger partial charge in [-0.1, -0.05) is 104 Å². The zero-order valence-corrected chi connectivity index (χ0v) is 21.2. The van der Waals surface area contributed by atoms with Crippen molar-refractivity contribution in [1.29, 1.82) is 0 Å². The van der Waals surface area contributed by atoms with Crippen molar-refractivity contribution >= 4 is 0 Å². The molecule has 30 heavy (non-hydrogen) atoms. The summed E-state index contributed by atoms with van der Waals surface area (Å²) in [5, 5.41) is 5.88. The zero-order valence-electron chi connectivity index (χ0n) is 21.2. The van der Waals surface area contributed by atoms with Gasteiger partial charge in [0.1, 0.15) is 0 Å². The monoisotopic (exact) mass is 426 g/mol. The predicted molar refractivity (Wildman–Crippen MR) is 136 cm³/mol. The maximum absolute atomic E-state index is 3.64. The third kappa shape index (κ3) is 24.1. The van der Waals surface area contributed by atoms with E-state index in [4.69, 9.17) is 0 Å². The highest BCUT2D eigenvalue weighted by Gasteiger charge is 2.03. The molecule has 0 amide bonds. The molecule has 0 unspecified atom stereocenters. The number of hydrogen-bond donors (Lipinski definition) is 3. The predicted octanol–water partition coefficient (Wildman–Crippen LogP) is 6.97. The number of nitrogens with zero attached hydrogens (tertiary/aromatic N) is 1. The Balaban J connectivity index is 3.67. The minimum atomic E-state index is 1.11. The summed E-state index contributed by atoms with van der Waals surface area (Å²) in [6.07, 6.45) is 24.2. The first-order chi connectivity index (χ1) is 14.8. The van der Waals surface area contributed by atoms with Crippen LogP contribution in [-0.2, 0) is 0 Å². The molecule has 4 heteroatoms. The fourth-order valence-corrected chi connectivity index (χ4v) is 3.77. The average Bonchev–Trinajstić information content (AvgIpc) is 2.76. The zero-order chi connectivity index (χ0) is 22.0. The maximum Gasteiger partial charge on any atom is 0.0288 e. The second-order valence-corrected chi connectivity index (χ2v) is 9.02. The second-order valence-electron chi connectivity index (χ2n) is 9.02. The van der Waals surface area contributed by atoms with Crippen LogP contribution in [0.5, 0.6) is 0 Å². The lowest BCUT2D eigenvalue weighted by molar-refractivity contribution is 0.108. The van der Waals surface area contributed by atoms with Crippen LogP contribution in [-0.4, -0.2) is 37.8 Å². The van der Waals surface area contributed by atoms with Gasteiger partial charge in [0.25, 0.3) is 0 Å². The number of hydrogen-bond acceptors (Lipinski definition) is 4. The van der Waals surface area contributed by atoms with Crippen LogP contribution in [0, 0.1) is 0 Å². The number of hydrazine groups is 2. The Morgan fingerprint density at radius 1 is 0.400 bits per heavy atom. The van der Waals surface area contributed by atoms with Crippen LogP contribution in [0.2, 0.25) is 0 Å². The Kier molecular flexibility index (Phi) is 26.7. The summed E-state index contributed by atoms with van der Waals surface area (Å²) in [6, 6.07) is 0. The summed E-state index contributed by atoms with van der Waals surface area (Å²) < 4.78 is 0. The van der Waals surface area contributed by atoms with Gasteiger partial charge in [0.15, 0.2) is 0 Å². The molecule has 0 fully saturated rings. The molecule has 0 bridgehead atoms. The van der Waals surface area contributed by atoms with E-state index in [2.05, 4.69) is 42.1 Å². The van der Waals surface area contributed by atoms with Crippen molar-refractivity contribution in [3.05, 3.63) is 0 Å². The van der Waals surface area contributed by atoms with E-state index in [1.165, 1.54) is 129 Å². The number of nitrogens with one attached hydrogen (secondary N) is 3. The van der Waals surface area contributed by atoms with Crippen LogP contribution in [0.4, 0.5) is 0 Å². The van der Waals surface area contributed by atoms with Crippen LogP contribution < -0.4 is 16.2 Å². The third-order valence-electron chi connectivity index (χ3n) is 5.86. The van der Waals surface area contributed by atoms with Crippen molar-refractivity contribution in [2.24, 2.45) is 0 Å². The molecule has 0 aromatic carbocycles. The smallest absolute Gasteiger partial charge is 0.0288 e. The van der Waals surface area contributed by atoms with Gasteiger partial charge in [-0.2, -0.15) is 5.12 Å². The minimum absolute atomic E-state index is 1.11. The van der Waals surface area contributed by atoms with E-state index < -0.39 is 0 Å². The van der Waals surface area contributed by atoms with Crippen molar-refractivity contribution in [2.75, 3.05) is 32.7 Å². The van der Waals surface area contributed by atoms with Crippen molar-refractivity contribution in [1.82, 2.24) is 21.3 Å². The van der Waals surface area contributed by atoms with Gasteiger partial charge in [0.05, 0.1) is 0 Å². The van der Waals surface area contributed by atoms with Crippen molar-refractivity contribution in [2.45, 2.75) is 136 Å². The van der Waals surface area contributed by atoms with Gasteiger partial charge in [-0.15, -0.1) is 0 Å². The molecule has 182 valence electrons. The van der Waals surface area contributed by atoms with Crippen LogP contribution in [0.15, 0.2) is 0 Å².